The number of hydrogen-bond acceptors (Lipinski definition) is 8. The van der Waals surface area contributed by atoms with Gasteiger partial charge in [0.05, 0.1) is 5.56 Å². The molecule has 3 heterocycles. The predicted octanol–water partition coefficient (Wildman–Crippen LogP) is 1.43. The average Bonchev–Trinajstić information content (AvgIpc) is 3.44. The molecule has 0 aliphatic carbocycles. The average molecular weight is 477 g/mol. The number of amides is 2. The fourth-order valence-electron chi connectivity index (χ4n) is 3.97. The van der Waals surface area contributed by atoms with E-state index in [9.17, 15) is 18.8 Å². The third-order valence-electron chi connectivity index (χ3n) is 5.80. The highest BCUT2D eigenvalue weighted by atomic mass is 19.1. The van der Waals surface area contributed by atoms with E-state index in [0.29, 0.717) is 11.1 Å². The van der Waals surface area contributed by atoms with E-state index in [1.807, 2.05) is 0 Å². The summed E-state index contributed by atoms with van der Waals surface area (Å²) in [5, 5.41) is 7.95. The first-order valence-electron chi connectivity index (χ1n) is 10.8. The molecule has 2 aromatic carbocycles. The minimum absolute atomic E-state index is 0.151. The predicted molar refractivity (Wildman–Crippen MR) is 120 cm³/mol. The molecule has 12 heteroatoms. The van der Waals surface area contributed by atoms with Crippen molar-refractivity contribution in [2.75, 3.05) is 26.2 Å². The molecule has 11 nitrogen and oxygen atoms in total. The number of benzene rings is 2. The van der Waals surface area contributed by atoms with Crippen LogP contribution in [0, 0.1) is 5.82 Å². The minimum Gasteiger partial charge on any atom is -0.437 e. The van der Waals surface area contributed by atoms with E-state index in [2.05, 4.69) is 20.6 Å². The summed E-state index contributed by atoms with van der Waals surface area (Å²) in [6.07, 6.45) is 3.32. The van der Waals surface area contributed by atoms with Crippen LogP contribution in [0.2, 0.25) is 0 Å². The van der Waals surface area contributed by atoms with Gasteiger partial charge in [-0.2, -0.15) is 9.78 Å². The van der Waals surface area contributed by atoms with Crippen molar-refractivity contribution in [3.05, 3.63) is 77.6 Å². The summed E-state index contributed by atoms with van der Waals surface area (Å²) in [5.74, 6) is -0.780. The van der Waals surface area contributed by atoms with Gasteiger partial charge < -0.3 is 19.3 Å². The third-order valence-corrected chi connectivity index (χ3v) is 5.80. The highest BCUT2D eigenvalue weighted by Gasteiger charge is 2.28. The Labute approximate surface area is 198 Å². The topological polar surface area (TPSA) is 122 Å². The van der Waals surface area contributed by atoms with Crippen LogP contribution >= 0.6 is 0 Å². The Hall–Kier alpha value is -4.61. The monoisotopic (exact) mass is 477 g/mol. The first kappa shape index (κ1) is 22.2. The summed E-state index contributed by atoms with van der Waals surface area (Å²) in [5.41, 5.74) is 3.89. The van der Waals surface area contributed by atoms with Gasteiger partial charge in [0, 0.05) is 31.7 Å². The van der Waals surface area contributed by atoms with Crippen molar-refractivity contribution < 1.29 is 23.5 Å². The normalized spacial score (nSPS) is 17.2. The maximum atomic E-state index is 14.6. The van der Waals surface area contributed by atoms with Gasteiger partial charge in [0.1, 0.15) is 36.5 Å². The van der Waals surface area contributed by atoms with E-state index in [4.69, 9.17) is 4.74 Å². The summed E-state index contributed by atoms with van der Waals surface area (Å²) in [7, 11) is 0. The summed E-state index contributed by atoms with van der Waals surface area (Å²) in [6, 6.07) is 10.1. The van der Waals surface area contributed by atoms with E-state index in [1.54, 1.807) is 29.2 Å². The molecule has 0 radical (unpaired) electrons. The number of piperazine rings is 1. The van der Waals surface area contributed by atoms with Crippen molar-refractivity contribution in [3.63, 3.8) is 0 Å². The van der Waals surface area contributed by atoms with Gasteiger partial charge >= 0.3 is 6.03 Å². The van der Waals surface area contributed by atoms with E-state index in [-0.39, 0.29) is 49.4 Å². The largest absolute Gasteiger partial charge is 0.437 e. The second-order valence-electron chi connectivity index (χ2n) is 7.89. The fourth-order valence-corrected chi connectivity index (χ4v) is 3.97. The lowest BCUT2D eigenvalue weighted by Crippen LogP contribution is -2.51. The summed E-state index contributed by atoms with van der Waals surface area (Å²) >= 11 is 0. The number of nitrogens with one attached hydrogen (secondary N) is 1. The Kier molecular flexibility index (Phi) is 5.92. The summed E-state index contributed by atoms with van der Waals surface area (Å²) in [4.78, 5) is 43.6. The number of fused-ring (bicyclic) bond motifs is 1. The van der Waals surface area contributed by atoms with Crippen LogP contribution in [-0.2, 0) is 4.79 Å². The Bertz CT molecular complexity index is 1300. The Morgan fingerprint density at radius 1 is 1.09 bits per heavy atom. The number of halogens is 1. The second-order valence-corrected chi connectivity index (χ2v) is 7.89. The van der Waals surface area contributed by atoms with Gasteiger partial charge in [-0.3, -0.25) is 10.2 Å². The molecule has 1 aromatic heterocycles. The number of nitrogens with zero attached hydrogens (tertiary/aromatic N) is 6. The molecule has 3 aromatic rings. The minimum atomic E-state index is -0.686. The van der Waals surface area contributed by atoms with Crippen LogP contribution in [0.4, 0.5) is 9.18 Å². The molecule has 2 aliphatic rings. The molecule has 1 saturated heterocycles. The summed E-state index contributed by atoms with van der Waals surface area (Å²) < 4.78 is 21.6. The molecule has 1 unspecified atom stereocenters. The Morgan fingerprint density at radius 2 is 1.86 bits per heavy atom. The van der Waals surface area contributed by atoms with Gasteiger partial charge in [-0.15, -0.1) is 5.10 Å². The highest BCUT2D eigenvalue weighted by Crippen LogP contribution is 2.25. The van der Waals surface area contributed by atoms with Crippen LogP contribution in [0.15, 0.2) is 60.2 Å². The number of ether oxygens (including phenoxy) is 1. The third kappa shape index (κ3) is 4.33. The lowest BCUT2D eigenvalue weighted by Gasteiger charge is -2.34. The van der Waals surface area contributed by atoms with Gasteiger partial charge in [0.2, 0.25) is 5.90 Å². The van der Waals surface area contributed by atoms with Crippen molar-refractivity contribution >= 4 is 24.1 Å². The molecule has 0 spiro atoms. The maximum Gasteiger partial charge on any atom is 0.346 e. The zero-order valence-corrected chi connectivity index (χ0v) is 18.4. The number of rotatable bonds is 3. The van der Waals surface area contributed by atoms with E-state index in [1.165, 1.54) is 29.7 Å². The molecule has 1 atom stereocenters. The number of carbonyl (C=O) groups excluding carboxylic acids is 3. The molecular formula is C23H20FN7O4. The van der Waals surface area contributed by atoms with Crippen LogP contribution in [0.25, 0.3) is 0 Å². The standard InChI is InChI=1S/C23H20FN7O4/c24-19-6-5-15(35-21-17-4-2-1-3-16(17)20(12-32)27-28-21)11-18(19)22(33)29-7-9-30(10-8-29)23(34)31-14-25-13-26-31/h1-6,11-14,20,27H,7-10H2. The number of hydrogen-bond donors (Lipinski definition) is 1. The van der Waals surface area contributed by atoms with E-state index in [0.717, 1.165) is 17.0 Å². The van der Waals surface area contributed by atoms with Crippen LogP contribution in [0.1, 0.15) is 27.5 Å². The molecule has 178 valence electrons. The van der Waals surface area contributed by atoms with Crippen LogP contribution in [0.3, 0.4) is 0 Å². The molecule has 2 amide bonds. The van der Waals surface area contributed by atoms with Crippen molar-refractivity contribution in [2.45, 2.75) is 6.04 Å². The van der Waals surface area contributed by atoms with Crippen LogP contribution < -0.4 is 10.2 Å². The van der Waals surface area contributed by atoms with E-state index < -0.39 is 17.8 Å². The Morgan fingerprint density at radius 3 is 2.60 bits per heavy atom. The molecule has 1 fully saturated rings. The molecule has 1 N–H and O–H groups in total. The fraction of sp³-hybridized carbons (Fsp3) is 0.217. The zero-order chi connectivity index (χ0) is 24.4. The van der Waals surface area contributed by atoms with Gasteiger partial charge in [-0.1, -0.05) is 18.2 Å². The SMILES string of the molecule is O=CC1NN=C(Oc2ccc(F)c(C(=O)N3CCN(C(=O)n4cncn4)CC3)c2)c2ccccc21. The molecule has 0 saturated carbocycles. The number of hydrazone groups is 1. The highest BCUT2D eigenvalue weighted by molar-refractivity contribution is 5.99. The maximum absolute atomic E-state index is 14.6. The Balaban J connectivity index is 1.29. The lowest BCUT2D eigenvalue weighted by molar-refractivity contribution is -0.109. The molecular weight excluding hydrogens is 457 g/mol. The molecule has 2 aliphatic heterocycles. The van der Waals surface area contributed by atoms with E-state index >= 15 is 0 Å². The van der Waals surface area contributed by atoms with Crippen molar-refractivity contribution in [2.24, 2.45) is 5.10 Å². The van der Waals surface area contributed by atoms with Gasteiger partial charge in [0.25, 0.3) is 5.91 Å². The van der Waals surface area contributed by atoms with Gasteiger partial charge in [-0.05, 0) is 29.8 Å². The lowest BCUT2D eigenvalue weighted by atomic mass is 10.0. The molecule has 0 bridgehead atoms. The zero-order valence-electron chi connectivity index (χ0n) is 18.4. The summed E-state index contributed by atoms with van der Waals surface area (Å²) in [6.45, 7) is 1.03. The van der Waals surface area contributed by atoms with Crippen molar-refractivity contribution in [1.82, 2.24) is 30.0 Å². The first-order valence-corrected chi connectivity index (χ1v) is 10.8. The van der Waals surface area contributed by atoms with Crippen LogP contribution in [0.5, 0.6) is 5.75 Å². The van der Waals surface area contributed by atoms with Crippen molar-refractivity contribution in [3.8, 4) is 5.75 Å². The quantitative estimate of drug-likeness (QED) is 0.566. The second kappa shape index (κ2) is 9.33. The number of carbonyl (C=O) groups is 3. The molecule has 5 rings (SSSR count). The molecule has 35 heavy (non-hydrogen) atoms. The first-order chi connectivity index (χ1) is 17.0. The number of aromatic nitrogens is 3. The smallest absolute Gasteiger partial charge is 0.346 e. The number of aldehydes is 1. The van der Waals surface area contributed by atoms with Crippen LogP contribution in [-0.4, -0.2) is 74.9 Å². The van der Waals surface area contributed by atoms with Crippen molar-refractivity contribution in [1.29, 1.82) is 0 Å². The van der Waals surface area contributed by atoms with Gasteiger partial charge in [0.15, 0.2) is 0 Å². The van der Waals surface area contributed by atoms with Gasteiger partial charge in [-0.25, -0.2) is 14.2 Å².